The summed E-state index contributed by atoms with van der Waals surface area (Å²) in [4.78, 5) is 0. The number of nitrogen functional groups attached to an aromatic ring is 6. The van der Waals surface area contributed by atoms with Gasteiger partial charge in [0.1, 0.15) is 0 Å². The predicted molar refractivity (Wildman–Crippen MR) is 94.8 cm³/mol. The molecule has 2 aromatic carbocycles. The molecule has 2 aromatic rings. The molecule has 0 saturated heterocycles. The van der Waals surface area contributed by atoms with Crippen molar-refractivity contribution in [1.29, 1.82) is 0 Å². The molecule has 0 bridgehead atoms. The average Bonchev–Trinajstić information content (AvgIpc) is 2.41. The van der Waals surface area contributed by atoms with E-state index in [0.717, 1.165) is 0 Å². The first-order chi connectivity index (χ1) is 10.5. The Kier molecular flexibility index (Phi) is 3.48. The van der Waals surface area contributed by atoms with Crippen molar-refractivity contribution in [2.24, 2.45) is 0 Å². The van der Waals surface area contributed by atoms with Gasteiger partial charge in [0.15, 0.2) is 11.5 Å². The zero-order chi connectivity index (χ0) is 17.7. The van der Waals surface area contributed by atoms with Crippen molar-refractivity contribution < 1.29 is 10.2 Å². The maximum absolute atomic E-state index is 10.0. The monoisotopic (exact) mass is 318 g/mol. The van der Waals surface area contributed by atoms with Gasteiger partial charge in [0.25, 0.3) is 0 Å². The molecule has 0 atom stereocenters. The SMILES string of the molecule is CC(C)(c1c(N)cc(N)c(O)c1N)c1c(N)cc(N)c(O)c1N. The zero-order valence-corrected chi connectivity index (χ0v) is 13.0. The number of hydrogen-bond acceptors (Lipinski definition) is 8. The molecule has 0 amide bonds. The normalized spacial score (nSPS) is 11.6. The molecule has 0 aliphatic carbocycles. The van der Waals surface area contributed by atoms with Crippen LogP contribution >= 0.6 is 0 Å². The van der Waals surface area contributed by atoms with Crippen LogP contribution < -0.4 is 34.4 Å². The molecule has 124 valence electrons. The number of hydrogen-bond donors (Lipinski definition) is 8. The summed E-state index contributed by atoms with van der Waals surface area (Å²) in [5, 5.41) is 20.0. The molecule has 8 heteroatoms. The van der Waals surface area contributed by atoms with Crippen molar-refractivity contribution in [2.75, 3.05) is 34.4 Å². The first kappa shape index (κ1) is 16.2. The van der Waals surface area contributed by atoms with Crippen LogP contribution in [0.4, 0.5) is 34.1 Å². The van der Waals surface area contributed by atoms with Gasteiger partial charge in [-0.3, -0.25) is 0 Å². The van der Waals surface area contributed by atoms with E-state index >= 15 is 0 Å². The summed E-state index contributed by atoms with van der Waals surface area (Å²) in [7, 11) is 0. The maximum Gasteiger partial charge on any atom is 0.162 e. The lowest BCUT2D eigenvalue weighted by Crippen LogP contribution is -2.26. The Balaban J connectivity index is 2.85. The molecule has 0 aliphatic heterocycles. The largest absolute Gasteiger partial charge is 0.504 e. The molecule has 0 fully saturated rings. The van der Waals surface area contributed by atoms with E-state index in [-0.39, 0.29) is 45.6 Å². The minimum Gasteiger partial charge on any atom is -0.504 e. The summed E-state index contributed by atoms with van der Waals surface area (Å²) in [5.74, 6) is -0.529. The van der Waals surface area contributed by atoms with Gasteiger partial charge < -0.3 is 44.6 Å². The van der Waals surface area contributed by atoms with Crippen molar-refractivity contribution in [3.8, 4) is 11.5 Å². The molecule has 0 unspecified atom stereocenters. The number of benzene rings is 2. The average molecular weight is 318 g/mol. The lowest BCUT2D eigenvalue weighted by atomic mass is 9.74. The Morgan fingerprint density at radius 3 is 1.26 bits per heavy atom. The summed E-state index contributed by atoms with van der Waals surface area (Å²) < 4.78 is 0. The summed E-state index contributed by atoms with van der Waals surface area (Å²) >= 11 is 0. The third-order valence-electron chi connectivity index (χ3n) is 4.05. The standard InChI is InChI=1S/C15H22N6O2/c1-15(2,9-5(16)3-7(18)13(22)11(9)20)10-6(17)4-8(19)14(23)12(10)21/h3-4,22-23H,16-21H2,1-2H3. The van der Waals surface area contributed by atoms with Crippen molar-refractivity contribution >= 4 is 34.1 Å². The molecule has 2 rings (SSSR count). The molecule has 14 N–H and O–H groups in total. The summed E-state index contributed by atoms with van der Waals surface area (Å²) in [6.45, 7) is 3.53. The van der Waals surface area contributed by atoms with E-state index in [1.807, 2.05) is 0 Å². The van der Waals surface area contributed by atoms with E-state index in [1.165, 1.54) is 12.1 Å². The highest BCUT2D eigenvalue weighted by Gasteiger charge is 2.34. The Labute approximate surface area is 133 Å². The van der Waals surface area contributed by atoms with Crippen molar-refractivity contribution in [3.63, 3.8) is 0 Å². The molecule has 0 saturated carbocycles. The van der Waals surface area contributed by atoms with E-state index in [1.54, 1.807) is 13.8 Å². The number of anilines is 6. The van der Waals surface area contributed by atoms with Gasteiger partial charge in [-0.05, 0) is 12.1 Å². The van der Waals surface area contributed by atoms with Crippen LogP contribution in [0.1, 0.15) is 25.0 Å². The fourth-order valence-electron chi connectivity index (χ4n) is 2.99. The molecule has 0 heterocycles. The van der Waals surface area contributed by atoms with Gasteiger partial charge >= 0.3 is 0 Å². The van der Waals surface area contributed by atoms with Crippen LogP contribution in [0.15, 0.2) is 12.1 Å². The van der Waals surface area contributed by atoms with E-state index < -0.39 is 5.41 Å². The van der Waals surface area contributed by atoms with Crippen LogP contribution in [0.3, 0.4) is 0 Å². The second-order valence-electron chi connectivity index (χ2n) is 6.01. The quantitative estimate of drug-likeness (QED) is 0.227. The van der Waals surface area contributed by atoms with Crippen LogP contribution in [-0.2, 0) is 5.41 Å². The summed E-state index contributed by atoms with van der Waals surface area (Å²) in [6.07, 6.45) is 0. The lowest BCUT2D eigenvalue weighted by molar-refractivity contribution is 0.476. The van der Waals surface area contributed by atoms with Gasteiger partial charge in [-0.1, -0.05) is 13.8 Å². The van der Waals surface area contributed by atoms with E-state index in [0.29, 0.717) is 11.1 Å². The summed E-state index contributed by atoms with van der Waals surface area (Å²) in [5.41, 5.74) is 36.1. The highest BCUT2D eigenvalue weighted by molar-refractivity contribution is 5.85. The number of phenols is 2. The van der Waals surface area contributed by atoms with E-state index in [9.17, 15) is 10.2 Å². The van der Waals surface area contributed by atoms with Crippen LogP contribution in [0.5, 0.6) is 11.5 Å². The first-order valence-corrected chi connectivity index (χ1v) is 6.83. The first-order valence-electron chi connectivity index (χ1n) is 6.83. The van der Waals surface area contributed by atoms with E-state index in [2.05, 4.69) is 0 Å². The van der Waals surface area contributed by atoms with Crippen molar-refractivity contribution in [1.82, 2.24) is 0 Å². The van der Waals surface area contributed by atoms with Gasteiger partial charge in [-0.2, -0.15) is 0 Å². The van der Waals surface area contributed by atoms with Crippen molar-refractivity contribution in [2.45, 2.75) is 19.3 Å². The highest BCUT2D eigenvalue weighted by atomic mass is 16.3. The van der Waals surface area contributed by atoms with E-state index in [4.69, 9.17) is 34.4 Å². The molecular weight excluding hydrogens is 296 g/mol. The lowest BCUT2D eigenvalue weighted by Gasteiger charge is -2.32. The van der Waals surface area contributed by atoms with Crippen molar-refractivity contribution in [3.05, 3.63) is 23.3 Å². The number of nitrogens with two attached hydrogens (primary N) is 6. The second-order valence-corrected chi connectivity index (χ2v) is 6.01. The fraction of sp³-hybridized carbons (Fsp3) is 0.200. The smallest absolute Gasteiger partial charge is 0.162 e. The molecule has 0 radical (unpaired) electrons. The summed E-state index contributed by atoms with van der Waals surface area (Å²) in [6, 6.07) is 2.82. The van der Waals surface area contributed by atoms with Gasteiger partial charge in [0.2, 0.25) is 0 Å². The second kappa shape index (κ2) is 4.94. The minimum absolute atomic E-state index is 0.0302. The topological polar surface area (TPSA) is 197 Å². The predicted octanol–water partition coefficient (Wildman–Crippen LogP) is 0.917. The number of rotatable bonds is 2. The molecular formula is C15H22N6O2. The number of phenolic OH excluding ortho intramolecular Hbond substituents is 2. The molecule has 23 heavy (non-hydrogen) atoms. The van der Waals surface area contributed by atoms with Gasteiger partial charge in [0, 0.05) is 27.9 Å². The van der Waals surface area contributed by atoms with Crippen LogP contribution in [0.2, 0.25) is 0 Å². The Bertz CT molecular complexity index is 736. The van der Waals surface area contributed by atoms with Crippen LogP contribution in [0.25, 0.3) is 0 Å². The Morgan fingerprint density at radius 1 is 0.652 bits per heavy atom. The van der Waals surface area contributed by atoms with Crippen LogP contribution in [0, 0.1) is 0 Å². The maximum atomic E-state index is 10.0. The fourth-order valence-corrected chi connectivity index (χ4v) is 2.99. The van der Waals surface area contributed by atoms with Gasteiger partial charge in [-0.15, -0.1) is 0 Å². The minimum atomic E-state index is -0.918. The van der Waals surface area contributed by atoms with Gasteiger partial charge in [-0.25, -0.2) is 0 Å². The van der Waals surface area contributed by atoms with Gasteiger partial charge in [0.05, 0.1) is 22.7 Å². The zero-order valence-electron chi connectivity index (χ0n) is 13.0. The Morgan fingerprint density at radius 2 is 0.957 bits per heavy atom. The molecule has 8 nitrogen and oxygen atoms in total. The molecule has 0 spiro atoms. The molecule has 0 aliphatic rings. The third kappa shape index (κ3) is 2.24. The number of aromatic hydroxyl groups is 2. The van der Waals surface area contributed by atoms with Crippen LogP contribution in [-0.4, -0.2) is 10.2 Å². The molecule has 0 aromatic heterocycles. The highest BCUT2D eigenvalue weighted by Crippen LogP contribution is 2.50. The Hall–Kier alpha value is -3.16. The third-order valence-corrected chi connectivity index (χ3v) is 4.05.